The fourth-order valence-corrected chi connectivity index (χ4v) is 2.72. The van der Waals surface area contributed by atoms with Gasteiger partial charge in [0.1, 0.15) is 17.7 Å². The minimum atomic E-state index is -0.316. The lowest BCUT2D eigenvalue weighted by molar-refractivity contribution is -0.152. The molecule has 1 aliphatic rings. The molecule has 1 rings (SSSR count). The number of ketones is 2. The summed E-state index contributed by atoms with van der Waals surface area (Å²) < 4.78 is 5.45. The molecule has 0 aromatic carbocycles. The smallest absolute Gasteiger partial charge is 0.306 e. The van der Waals surface area contributed by atoms with Crippen LogP contribution < -0.4 is 0 Å². The number of carbonyl (C=O) groups is 3. The van der Waals surface area contributed by atoms with Gasteiger partial charge in [-0.05, 0) is 32.1 Å². The molecule has 3 atom stereocenters. The molecule has 0 spiro atoms. The van der Waals surface area contributed by atoms with Crippen molar-refractivity contribution in [2.45, 2.75) is 65.4 Å². The van der Waals surface area contributed by atoms with Crippen LogP contribution in [-0.4, -0.2) is 23.6 Å². The number of hydrogen-bond acceptors (Lipinski definition) is 4. The second-order valence-corrected chi connectivity index (χ2v) is 5.39. The number of Topliss-reactive ketones (excluding diaryl/α,β-unsaturated/α-hetero) is 2. The average molecular weight is 268 g/mol. The van der Waals surface area contributed by atoms with Crippen LogP contribution in [0.3, 0.4) is 0 Å². The molecule has 0 heterocycles. The van der Waals surface area contributed by atoms with Gasteiger partial charge in [-0.25, -0.2) is 0 Å². The number of esters is 1. The summed E-state index contributed by atoms with van der Waals surface area (Å²) in [7, 11) is 0. The third kappa shape index (κ3) is 4.77. The number of ether oxygens (including phenoxy) is 1. The van der Waals surface area contributed by atoms with Crippen LogP contribution >= 0.6 is 0 Å². The highest BCUT2D eigenvalue weighted by Gasteiger charge is 2.38. The van der Waals surface area contributed by atoms with Gasteiger partial charge in [0.05, 0.1) is 6.42 Å². The van der Waals surface area contributed by atoms with Crippen molar-refractivity contribution in [2.75, 3.05) is 0 Å². The van der Waals surface area contributed by atoms with E-state index in [1.54, 1.807) is 0 Å². The monoisotopic (exact) mass is 268 g/mol. The Kier molecular flexibility index (Phi) is 6.19. The van der Waals surface area contributed by atoms with E-state index in [-0.39, 0.29) is 48.3 Å². The van der Waals surface area contributed by atoms with E-state index in [0.717, 1.165) is 12.8 Å². The van der Waals surface area contributed by atoms with E-state index in [0.29, 0.717) is 12.8 Å². The van der Waals surface area contributed by atoms with Crippen LogP contribution in [0.4, 0.5) is 0 Å². The third-order valence-corrected chi connectivity index (χ3v) is 3.92. The van der Waals surface area contributed by atoms with Crippen molar-refractivity contribution in [1.82, 2.24) is 0 Å². The second kappa shape index (κ2) is 7.41. The zero-order valence-corrected chi connectivity index (χ0v) is 12.1. The topological polar surface area (TPSA) is 60.4 Å². The van der Waals surface area contributed by atoms with Crippen molar-refractivity contribution < 1.29 is 19.1 Å². The van der Waals surface area contributed by atoms with Crippen molar-refractivity contribution in [3.05, 3.63) is 0 Å². The molecular formula is C15H24O4. The summed E-state index contributed by atoms with van der Waals surface area (Å²) in [5, 5.41) is 0. The lowest BCUT2D eigenvalue weighted by Crippen LogP contribution is -2.22. The van der Waals surface area contributed by atoms with E-state index >= 15 is 0 Å². The Morgan fingerprint density at radius 2 is 1.79 bits per heavy atom. The molecule has 4 nitrogen and oxygen atoms in total. The molecule has 19 heavy (non-hydrogen) atoms. The maximum absolute atomic E-state index is 11.7. The van der Waals surface area contributed by atoms with E-state index in [1.165, 1.54) is 6.92 Å². The first kappa shape index (κ1) is 15.9. The number of hydrogen-bond donors (Lipinski definition) is 0. The number of carbonyl (C=O) groups excluding carboxylic acids is 3. The van der Waals surface area contributed by atoms with E-state index in [2.05, 4.69) is 6.92 Å². The molecule has 1 unspecified atom stereocenters. The first-order valence-corrected chi connectivity index (χ1v) is 7.19. The fourth-order valence-electron chi connectivity index (χ4n) is 2.72. The van der Waals surface area contributed by atoms with Crippen molar-refractivity contribution in [1.29, 1.82) is 0 Å². The molecule has 0 aliphatic heterocycles. The maximum atomic E-state index is 11.7. The molecule has 0 aromatic rings. The van der Waals surface area contributed by atoms with Gasteiger partial charge in [0.2, 0.25) is 0 Å². The van der Waals surface area contributed by atoms with E-state index in [4.69, 9.17) is 4.74 Å². The van der Waals surface area contributed by atoms with Crippen LogP contribution in [-0.2, 0) is 19.1 Å². The van der Waals surface area contributed by atoms with E-state index < -0.39 is 0 Å². The predicted octanol–water partition coefficient (Wildman–Crippen LogP) is 2.68. The molecule has 0 N–H and O–H groups in total. The molecule has 4 heteroatoms. The molecule has 0 bridgehead atoms. The zero-order valence-electron chi connectivity index (χ0n) is 12.1. The van der Waals surface area contributed by atoms with E-state index in [9.17, 15) is 14.4 Å². The van der Waals surface area contributed by atoms with Crippen LogP contribution in [0.15, 0.2) is 0 Å². The Labute approximate surface area is 114 Å². The summed E-state index contributed by atoms with van der Waals surface area (Å²) in [4.78, 5) is 34.2. The summed E-state index contributed by atoms with van der Waals surface area (Å²) >= 11 is 0. The summed E-state index contributed by atoms with van der Waals surface area (Å²) in [6.45, 7) is 5.39. The van der Waals surface area contributed by atoms with E-state index in [1.807, 2.05) is 6.92 Å². The normalized spacial score (nSPS) is 26.2. The van der Waals surface area contributed by atoms with Gasteiger partial charge in [0.15, 0.2) is 0 Å². The highest BCUT2D eigenvalue weighted by molar-refractivity contribution is 5.82. The van der Waals surface area contributed by atoms with Gasteiger partial charge < -0.3 is 9.53 Å². The van der Waals surface area contributed by atoms with Gasteiger partial charge in [0.25, 0.3) is 0 Å². The first-order chi connectivity index (χ1) is 8.97. The Hall–Kier alpha value is -1.19. The maximum Gasteiger partial charge on any atom is 0.306 e. The van der Waals surface area contributed by atoms with Crippen LogP contribution in [0.5, 0.6) is 0 Å². The molecular weight excluding hydrogens is 244 g/mol. The predicted molar refractivity (Wildman–Crippen MR) is 71.6 cm³/mol. The summed E-state index contributed by atoms with van der Waals surface area (Å²) in [5.41, 5.74) is 0. The largest absolute Gasteiger partial charge is 0.462 e. The van der Waals surface area contributed by atoms with Crippen LogP contribution in [0.25, 0.3) is 0 Å². The van der Waals surface area contributed by atoms with Crippen molar-refractivity contribution >= 4 is 17.5 Å². The van der Waals surface area contributed by atoms with Gasteiger partial charge in [0, 0.05) is 18.8 Å². The molecule has 0 radical (unpaired) electrons. The molecule has 0 saturated heterocycles. The van der Waals surface area contributed by atoms with Crippen LogP contribution in [0.2, 0.25) is 0 Å². The van der Waals surface area contributed by atoms with Gasteiger partial charge in [-0.15, -0.1) is 0 Å². The van der Waals surface area contributed by atoms with Crippen molar-refractivity contribution in [3.8, 4) is 0 Å². The van der Waals surface area contributed by atoms with Gasteiger partial charge >= 0.3 is 5.97 Å². The molecule has 1 saturated carbocycles. The Morgan fingerprint density at radius 3 is 2.32 bits per heavy atom. The van der Waals surface area contributed by atoms with Gasteiger partial charge in [-0.3, -0.25) is 9.59 Å². The average Bonchev–Trinajstić information content (AvgIpc) is 2.78. The standard InChI is InChI=1S/C15H24O4/c1-4-11-8-12(13(17)5-2)9-14(11)19-15(18)7-6-10(3)16/h11-12,14H,4-9H2,1-3H3/t11-,12?,14-/m1/s1. The molecule has 1 aliphatic carbocycles. The first-order valence-electron chi connectivity index (χ1n) is 7.19. The second-order valence-electron chi connectivity index (χ2n) is 5.39. The summed E-state index contributed by atoms with van der Waals surface area (Å²) in [6.07, 6.45) is 3.17. The van der Waals surface area contributed by atoms with Crippen molar-refractivity contribution in [2.24, 2.45) is 11.8 Å². The van der Waals surface area contributed by atoms with Gasteiger partial charge in [-0.1, -0.05) is 13.8 Å². The quantitative estimate of drug-likeness (QED) is 0.666. The SMILES string of the molecule is CCC(=O)C1C[C@@H](CC)[C@H](OC(=O)CCC(C)=O)C1. The highest BCUT2D eigenvalue weighted by Crippen LogP contribution is 2.36. The Morgan fingerprint density at radius 1 is 1.11 bits per heavy atom. The zero-order chi connectivity index (χ0) is 14.4. The van der Waals surface area contributed by atoms with Crippen LogP contribution in [0, 0.1) is 11.8 Å². The summed E-state index contributed by atoms with van der Waals surface area (Å²) in [5.74, 6) is 0.265. The molecule has 0 aromatic heterocycles. The minimum Gasteiger partial charge on any atom is -0.462 e. The summed E-state index contributed by atoms with van der Waals surface area (Å²) in [6, 6.07) is 0. The molecule has 108 valence electrons. The molecule has 0 amide bonds. The third-order valence-electron chi connectivity index (χ3n) is 3.92. The van der Waals surface area contributed by atoms with Crippen molar-refractivity contribution in [3.63, 3.8) is 0 Å². The lowest BCUT2D eigenvalue weighted by atomic mass is 9.98. The minimum absolute atomic E-state index is 0.00514. The fraction of sp³-hybridized carbons (Fsp3) is 0.800. The highest BCUT2D eigenvalue weighted by atomic mass is 16.5. The lowest BCUT2D eigenvalue weighted by Gasteiger charge is -2.18. The van der Waals surface area contributed by atoms with Crippen LogP contribution in [0.1, 0.15) is 59.3 Å². The Bertz CT molecular complexity index is 348. The van der Waals surface area contributed by atoms with Gasteiger partial charge in [-0.2, -0.15) is 0 Å². The molecule has 1 fully saturated rings. The number of rotatable bonds is 7. The Balaban J connectivity index is 2.49.